The van der Waals surface area contributed by atoms with E-state index < -0.39 is 0 Å². The van der Waals surface area contributed by atoms with Gasteiger partial charge in [-0.15, -0.1) is 0 Å². The highest BCUT2D eigenvalue weighted by atomic mass is 16.2. The predicted molar refractivity (Wildman–Crippen MR) is 105 cm³/mol. The molecule has 2 fully saturated rings. The zero-order valence-corrected chi connectivity index (χ0v) is 16.0. The van der Waals surface area contributed by atoms with Gasteiger partial charge in [0.05, 0.1) is 11.8 Å². The Morgan fingerprint density at radius 1 is 1.04 bits per heavy atom. The van der Waals surface area contributed by atoms with E-state index in [1.54, 1.807) is 18.5 Å². The van der Waals surface area contributed by atoms with E-state index in [1.165, 1.54) is 5.56 Å². The monoisotopic (exact) mass is 379 g/mol. The second-order valence-electron chi connectivity index (χ2n) is 7.51. The van der Waals surface area contributed by atoms with Crippen LogP contribution in [0.3, 0.4) is 0 Å². The number of nitrogens with one attached hydrogen (secondary N) is 1. The molecule has 2 unspecified atom stereocenters. The zero-order chi connectivity index (χ0) is 19.5. The predicted octanol–water partition coefficient (Wildman–Crippen LogP) is 1.39. The van der Waals surface area contributed by atoms with E-state index >= 15 is 0 Å². The molecule has 1 aromatic carbocycles. The summed E-state index contributed by atoms with van der Waals surface area (Å²) >= 11 is 0. The summed E-state index contributed by atoms with van der Waals surface area (Å²) in [6.45, 7) is 5.26. The van der Waals surface area contributed by atoms with Crippen molar-refractivity contribution in [2.75, 3.05) is 31.1 Å². The third-order valence-corrected chi connectivity index (χ3v) is 5.46. The van der Waals surface area contributed by atoms with Gasteiger partial charge in [-0.05, 0) is 25.0 Å². The maximum Gasteiger partial charge on any atom is 0.226 e. The van der Waals surface area contributed by atoms with Crippen molar-refractivity contribution in [2.24, 2.45) is 11.8 Å². The Labute approximate surface area is 164 Å². The Kier molecular flexibility index (Phi) is 5.23. The van der Waals surface area contributed by atoms with E-state index in [9.17, 15) is 9.59 Å². The maximum absolute atomic E-state index is 12.7. The Bertz CT molecular complexity index is 832. The summed E-state index contributed by atoms with van der Waals surface area (Å²) in [5.74, 6) is 0.430. The van der Waals surface area contributed by atoms with Crippen LogP contribution in [0.1, 0.15) is 17.5 Å². The quantitative estimate of drug-likeness (QED) is 0.849. The normalized spacial score (nSPS) is 21.3. The molecule has 1 N–H and O–H groups in total. The molecule has 0 radical (unpaired) electrons. The molecule has 2 heterocycles. The van der Waals surface area contributed by atoms with Crippen LogP contribution < -0.4 is 10.2 Å². The van der Waals surface area contributed by atoms with E-state index in [0.717, 1.165) is 5.56 Å². The van der Waals surface area contributed by atoms with Crippen LogP contribution in [0, 0.1) is 18.8 Å². The minimum absolute atomic E-state index is 0.0183. The van der Waals surface area contributed by atoms with Gasteiger partial charge in [0.25, 0.3) is 0 Å². The molecule has 146 valence electrons. The molecule has 4 rings (SSSR count). The summed E-state index contributed by atoms with van der Waals surface area (Å²) < 4.78 is 0. The number of aryl methyl sites for hydroxylation is 1. The molecule has 7 nitrogen and oxygen atoms in total. The third kappa shape index (κ3) is 4.13. The van der Waals surface area contributed by atoms with Crippen molar-refractivity contribution in [3.63, 3.8) is 0 Å². The lowest BCUT2D eigenvalue weighted by Gasteiger charge is -2.34. The Hall–Kier alpha value is -2.96. The van der Waals surface area contributed by atoms with Crippen molar-refractivity contribution in [1.82, 2.24) is 20.2 Å². The lowest BCUT2D eigenvalue weighted by Crippen LogP contribution is -2.50. The first kappa shape index (κ1) is 18.4. The van der Waals surface area contributed by atoms with Crippen LogP contribution in [-0.4, -0.2) is 52.9 Å². The van der Waals surface area contributed by atoms with Crippen LogP contribution in [0.25, 0.3) is 0 Å². The summed E-state index contributed by atoms with van der Waals surface area (Å²) in [4.78, 5) is 37.6. The average molecular weight is 379 g/mol. The molecule has 1 aliphatic carbocycles. The molecule has 2 amide bonds. The highest BCUT2D eigenvalue weighted by Crippen LogP contribution is 2.40. The Morgan fingerprint density at radius 3 is 2.39 bits per heavy atom. The number of anilines is 1. The van der Waals surface area contributed by atoms with Crippen molar-refractivity contribution < 1.29 is 9.59 Å². The van der Waals surface area contributed by atoms with Gasteiger partial charge in [0.2, 0.25) is 17.8 Å². The molecule has 28 heavy (non-hydrogen) atoms. The van der Waals surface area contributed by atoms with Crippen LogP contribution in [0.5, 0.6) is 0 Å². The van der Waals surface area contributed by atoms with Crippen LogP contribution in [0.15, 0.2) is 42.7 Å². The number of carbonyl (C=O) groups is 2. The molecule has 0 spiro atoms. The van der Waals surface area contributed by atoms with Gasteiger partial charge >= 0.3 is 0 Å². The number of piperazine rings is 1. The standard InChI is InChI=1S/C21H25N5O2/c1-15-3-5-16(6-4-15)14-24-19(27)17-13-18(17)20(28)25-9-11-26(12-10-25)21-22-7-2-8-23-21/h2-8,17-18H,9-14H2,1H3,(H,24,27). The summed E-state index contributed by atoms with van der Waals surface area (Å²) in [5.41, 5.74) is 2.27. The molecule has 7 heteroatoms. The topological polar surface area (TPSA) is 78.4 Å². The highest BCUT2D eigenvalue weighted by molar-refractivity contribution is 5.92. The molecule has 1 aliphatic heterocycles. The summed E-state index contributed by atoms with van der Waals surface area (Å²) in [6, 6.07) is 9.89. The first-order chi connectivity index (χ1) is 13.6. The Balaban J connectivity index is 1.23. The second-order valence-corrected chi connectivity index (χ2v) is 7.51. The Morgan fingerprint density at radius 2 is 1.71 bits per heavy atom. The van der Waals surface area contributed by atoms with E-state index in [4.69, 9.17) is 0 Å². The van der Waals surface area contributed by atoms with E-state index in [1.807, 2.05) is 36.1 Å². The van der Waals surface area contributed by atoms with Gasteiger partial charge in [0.15, 0.2) is 0 Å². The number of carbonyl (C=O) groups excluding carboxylic acids is 2. The van der Waals surface area contributed by atoms with Gasteiger partial charge in [0, 0.05) is 45.1 Å². The minimum Gasteiger partial charge on any atom is -0.352 e. The highest BCUT2D eigenvalue weighted by Gasteiger charge is 2.49. The van der Waals surface area contributed by atoms with Gasteiger partial charge in [-0.1, -0.05) is 29.8 Å². The molecule has 0 bridgehead atoms. The molecule has 1 saturated heterocycles. The van der Waals surface area contributed by atoms with Crippen molar-refractivity contribution >= 4 is 17.8 Å². The van der Waals surface area contributed by atoms with Gasteiger partial charge in [-0.25, -0.2) is 9.97 Å². The summed E-state index contributed by atoms with van der Waals surface area (Å²) in [6.07, 6.45) is 4.11. The number of hydrogen-bond acceptors (Lipinski definition) is 5. The number of hydrogen-bond donors (Lipinski definition) is 1. The number of rotatable bonds is 5. The van der Waals surface area contributed by atoms with E-state index in [0.29, 0.717) is 45.1 Å². The van der Waals surface area contributed by atoms with Crippen molar-refractivity contribution in [2.45, 2.75) is 19.9 Å². The molecule has 1 saturated carbocycles. The number of nitrogens with zero attached hydrogens (tertiary/aromatic N) is 4. The third-order valence-electron chi connectivity index (χ3n) is 5.46. The molecule has 2 aliphatic rings. The van der Waals surface area contributed by atoms with E-state index in [2.05, 4.69) is 20.2 Å². The lowest BCUT2D eigenvalue weighted by molar-refractivity contribution is -0.135. The molecule has 1 aromatic heterocycles. The van der Waals surface area contributed by atoms with Gasteiger partial charge < -0.3 is 15.1 Å². The van der Waals surface area contributed by atoms with Crippen molar-refractivity contribution in [3.8, 4) is 0 Å². The minimum atomic E-state index is -0.187. The smallest absolute Gasteiger partial charge is 0.226 e. The average Bonchev–Trinajstić information content (AvgIpc) is 3.54. The fraction of sp³-hybridized carbons (Fsp3) is 0.429. The van der Waals surface area contributed by atoms with E-state index in [-0.39, 0.29) is 23.7 Å². The van der Waals surface area contributed by atoms with Gasteiger partial charge in [-0.2, -0.15) is 0 Å². The lowest BCUT2D eigenvalue weighted by atomic mass is 10.1. The first-order valence-electron chi connectivity index (χ1n) is 9.76. The number of amides is 2. The number of benzene rings is 1. The first-order valence-corrected chi connectivity index (χ1v) is 9.76. The summed E-state index contributed by atoms with van der Waals surface area (Å²) in [5, 5.41) is 2.96. The van der Waals surface area contributed by atoms with Crippen molar-refractivity contribution in [3.05, 3.63) is 53.9 Å². The van der Waals surface area contributed by atoms with Crippen LogP contribution >= 0.6 is 0 Å². The molecule has 2 atom stereocenters. The maximum atomic E-state index is 12.7. The van der Waals surface area contributed by atoms with Gasteiger partial charge in [0.1, 0.15) is 0 Å². The summed E-state index contributed by atoms with van der Waals surface area (Å²) in [7, 11) is 0. The van der Waals surface area contributed by atoms with Crippen molar-refractivity contribution in [1.29, 1.82) is 0 Å². The largest absolute Gasteiger partial charge is 0.352 e. The van der Waals surface area contributed by atoms with Crippen LogP contribution in [0.4, 0.5) is 5.95 Å². The number of aromatic nitrogens is 2. The SMILES string of the molecule is Cc1ccc(CNC(=O)C2CC2C(=O)N2CCN(c3ncccn3)CC2)cc1. The zero-order valence-electron chi connectivity index (χ0n) is 16.0. The second kappa shape index (κ2) is 7.96. The van der Waals surface area contributed by atoms with Crippen LogP contribution in [-0.2, 0) is 16.1 Å². The molecular formula is C21H25N5O2. The molecular weight excluding hydrogens is 354 g/mol. The van der Waals surface area contributed by atoms with Gasteiger partial charge in [-0.3, -0.25) is 9.59 Å². The molecule has 2 aromatic rings. The van der Waals surface area contributed by atoms with Crippen LogP contribution in [0.2, 0.25) is 0 Å². The fourth-order valence-electron chi connectivity index (χ4n) is 3.60. The fourth-order valence-corrected chi connectivity index (χ4v) is 3.60.